The number of hydrogen-bond donors (Lipinski definition) is 1. The van der Waals surface area contributed by atoms with E-state index >= 15 is 0 Å². The average molecular weight is 386 g/mol. The van der Waals surface area contributed by atoms with Gasteiger partial charge in [-0.1, -0.05) is 18.2 Å². The van der Waals surface area contributed by atoms with Crippen molar-refractivity contribution in [1.29, 1.82) is 0 Å². The van der Waals surface area contributed by atoms with Crippen LogP contribution in [0.15, 0.2) is 46.9 Å². The first-order valence-corrected chi connectivity index (χ1v) is 9.76. The Morgan fingerprint density at radius 1 is 1.07 bits per heavy atom. The van der Waals surface area contributed by atoms with Crippen molar-refractivity contribution in [2.24, 2.45) is 11.8 Å². The second-order valence-electron chi connectivity index (χ2n) is 7.36. The van der Waals surface area contributed by atoms with Crippen molar-refractivity contribution < 1.29 is 23.8 Å². The third-order valence-corrected chi connectivity index (χ3v) is 5.45. The molecular formula is C21H26N2O5. The molecule has 0 spiro atoms. The van der Waals surface area contributed by atoms with Crippen LogP contribution in [0.3, 0.4) is 0 Å². The van der Waals surface area contributed by atoms with Gasteiger partial charge in [0.05, 0.1) is 13.2 Å². The number of carbonyl (C=O) groups excluding carboxylic acids is 1. The van der Waals surface area contributed by atoms with Crippen molar-refractivity contribution >= 4 is 5.91 Å². The fourth-order valence-electron chi connectivity index (χ4n) is 3.88. The molecule has 1 amide bonds. The van der Waals surface area contributed by atoms with Crippen molar-refractivity contribution in [3.05, 3.63) is 48.2 Å². The smallest absolute Gasteiger partial charge is 0.290 e. The highest BCUT2D eigenvalue weighted by atomic mass is 16.6. The highest BCUT2D eigenvalue weighted by Crippen LogP contribution is 2.28. The zero-order valence-corrected chi connectivity index (χ0v) is 15.8. The monoisotopic (exact) mass is 386 g/mol. The minimum absolute atomic E-state index is 0.0826. The Bertz CT molecular complexity index is 772. The van der Waals surface area contributed by atoms with Crippen LogP contribution in [-0.2, 0) is 4.74 Å². The summed E-state index contributed by atoms with van der Waals surface area (Å²) in [4.78, 5) is 17.0. The molecule has 7 heteroatoms. The molecule has 150 valence electrons. The maximum Gasteiger partial charge on any atom is 0.290 e. The van der Waals surface area contributed by atoms with Crippen molar-refractivity contribution in [3.8, 4) is 11.7 Å². The van der Waals surface area contributed by atoms with Crippen LogP contribution >= 0.6 is 0 Å². The van der Waals surface area contributed by atoms with Crippen LogP contribution in [0.4, 0.5) is 0 Å². The Kier molecular flexibility index (Phi) is 5.95. The summed E-state index contributed by atoms with van der Waals surface area (Å²) in [6.45, 7) is 5.42. The number of aliphatic hydroxyl groups is 1. The molecular weight excluding hydrogens is 360 g/mol. The number of likely N-dealkylation sites (tertiary alicyclic amines) is 1. The fraction of sp³-hybridized carbons (Fsp3) is 0.476. The number of nitrogens with zero attached hydrogens (tertiary/aromatic N) is 2. The van der Waals surface area contributed by atoms with Crippen LogP contribution in [0.1, 0.15) is 10.6 Å². The van der Waals surface area contributed by atoms with E-state index < -0.39 is 0 Å². The Morgan fingerprint density at radius 3 is 2.57 bits per heavy atom. The normalized spacial score (nSPS) is 23.1. The minimum atomic E-state index is -0.161. The third kappa shape index (κ3) is 4.38. The molecule has 0 saturated carbocycles. The van der Waals surface area contributed by atoms with Gasteiger partial charge in [0.2, 0.25) is 0 Å². The molecule has 0 unspecified atom stereocenters. The molecule has 1 N–H and O–H groups in total. The van der Waals surface area contributed by atoms with Crippen molar-refractivity contribution in [1.82, 2.24) is 9.80 Å². The standard InChI is InChI=1S/C21H26N2O5/c24-15-17-14-23(13-16(17)12-22-8-10-26-11-9-22)21(25)19-6-7-20(28-19)27-18-4-2-1-3-5-18/h1-7,16-17,24H,8-15H2/t16-,17-/m0/s1. The van der Waals surface area contributed by atoms with Gasteiger partial charge in [-0.2, -0.15) is 0 Å². The van der Waals surface area contributed by atoms with E-state index in [0.717, 1.165) is 32.8 Å². The lowest BCUT2D eigenvalue weighted by atomic mass is 9.96. The SMILES string of the molecule is O=C(c1ccc(Oc2ccccc2)o1)N1C[C@@H](CO)[C@@H](CN2CCOCC2)C1. The summed E-state index contributed by atoms with van der Waals surface area (Å²) in [5.74, 6) is 1.38. The lowest BCUT2D eigenvalue weighted by molar-refractivity contribution is 0.0264. The number of furan rings is 1. The quantitative estimate of drug-likeness (QED) is 0.819. The molecule has 0 aliphatic carbocycles. The molecule has 2 aliphatic heterocycles. The molecule has 0 radical (unpaired) electrons. The van der Waals surface area contributed by atoms with Crippen LogP contribution in [-0.4, -0.2) is 73.4 Å². The van der Waals surface area contributed by atoms with Crippen LogP contribution in [0.5, 0.6) is 11.7 Å². The van der Waals surface area contributed by atoms with Crippen LogP contribution < -0.4 is 4.74 Å². The van der Waals surface area contributed by atoms with E-state index in [2.05, 4.69) is 4.90 Å². The molecule has 2 saturated heterocycles. The first-order chi connectivity index (χ1) is 13.7. The number of hydrogen-bond acceptors (Lipinski definition) is 6. The van der Waals surface area contributed by atoms with Crippen LogP contribution in [0.2, 0.25) is 0 Å². The van der Waals surface area contributed by atoms with E-state index in [-0.39, 0.29) is 36.1 Å². The van der Waals surface area contributed by atoms with Crippen molar-refractivity contribution in [2.45, 2.75) is 0 Å². The summed E-state index contributed by atoms with van der Waals surface area (Å²) >= 11 is 0. The molecule has 4 rings (SSSR count). The largest absolute Gasteiger partial charge is 0.426 e. The highest BCUT2D eigenvalue weighted by molar-refractivity contribution is 5.91. The second kappa shape index (κ2) is 8.77. The lowest BCUT2D eigenvalue weighted by Crippen LogP contribution is -2.41. The fourth-order valence-corrected chi connectivity index (χ4v) is 3.88. The summed E-state index contributed by atoms with van der Waals surface area (Å²) in [5.41, 5.74) is 0. The van der Waals surface area contributed by atoms with E-state index in [9.17, 15) is 9.90 Å². The van der Waals surface area contributed by atoms with E-state index in [4.69, 9.17) is 13.9 Å². The second-order valence-corrected chi connectivity index (χ2v) is 7.36. The molecule has 2 fully saturated rings. The predicted molar refractivity (Wildman–Crippen MR) is 102 cm³/mol. The van der Waals surface area contributed by atoms with Crippen molar-refractivity contribution in [3.63, 3.8) is 0 Å². The minimum Gasteiger partial charge on any atom is -0.426 e. The van der Waals surface area contributed by atoms with Gasteiger partial charge in [-0.3, -0.25) is 9.69 Å². The average Bonchev–Trinajstić information content (AvgIpc) is 3.36. The first-order valence-electron chi connectivity index (χ1n) is 9.76. The Morgan fingerprint density at radius 2 is 1.82 bits per heavy atom. The zero-order chi connectivity index (χ0) is 19.3. The van der Waals surface area contributed by atoms with Gasteiger partial charge in [-0.25, -0.2) is 0 Å². The maximum absolute atomic E-state index is 12.9. The first kappa shape index (κ1) is 19.0. The number of para-hydroxylation sites is 1. The number of rotatable bonds is 6. The molecule has 0 bridgehead atoms. The summed E-state index contributed by atoms with van der Waals surface area (Å²) in [5, 5.41) is 9.78. The van der Waals surface area contributed by atoms with Crippen molar-refractivity contribution in [2.75, 3.05) is 52.5 Å². The van der Waals surface area contributed by atoms with Crippen LogP contribution in [0.25, 0.3) is 0 Å². The topological polar surface area (TPSA) is 75.4 Å². The van der Waals surface area contributed by atoms with Gasteiger partial charge in [-0.15, -0.1) is 0 Å². The molecule has 1 aromatic carbocycles. The molecule has 2 aliphatic rings. The van der Waals surface area contributed by atoms with Gasteiger partial charge in [0, 0.05) is 51.3 Å². The Hall–Kier alpha value is -2.35. The Labute approximate surface area is 164 Å². The maximum atomic E-state index is 12.9. The highest BCUT2D eigenvalue weighted by Gasteiger charge is 2.37. The molecule has 28 heavy (non-hydrogen) atoms. The number of carbonyl (C=O) groups is 1. The van der Waals surface area contributed by atoms with E-state index in [0.29, 0.717) is 18.8 Å². The molecule has 7 nitrogen and oxygen atoms in total. The molecule has 2 atom stereocenters. The van der Waals surface area contributed by atoms with Gasteiger partial charge < -0.3 is 23.9 Å². The zero-order valence-electron chi connectivity index (χ0n) is 15.8. The summed E-state index contributed by atoms with van der Waals surface area (Å²) in [7, 11) is 0. The van der Waals surface area contributed by atoms with Gasteiger partial charge in [0.1, 0.15) is 5.75 Å². The predicted octanol–water partition coefficient (Wildman–Crippen LogP) is 2.08. The van der Waals surface area contributed by atoms with Crippen LogP contribution in [0, 0.1) is 11.8 Å². The van der Waals surface area contributed by atoms with E-state index in [1.54, 1.807) is 17.0 Å². The number of amides is 1. The van der Waals surface area contributed by atoms with E-state index in [1.807, 2.05) is 30.3 Å². The van der Waals surface area contributed by atoms with Gasteiger partial charge >= 0.3 is 0 Å². The number of aliphatic hydroxyl groups excluding tert-OH is 1. The van der Waals surface area contributed by atoms with Gasteiger partial charge in [-0.05, 0) is 24.1 Å². The third-order valence-electron chi connectivity index (χ3n) is 5.45. The molecule has 2 aromatic rings. The summed E-state index contributed by atoms with van der Waals surface area (Å²) in [6, 6.07) is 12.6. The lowest BCUT2D eigenvalue weighted by Gasteiger charge is -2.30. The molecule has 1 aromatic heterocycles. The molecule has 3 heterocycles. The van der Waals surface area contributed by atoms with E-state index in [1.165, 1.54) is 0 Å². The Balaban J connectivity index is 1.37. The summed E-state index contributed by atoms with van der Waals surface area (Å²) in [6.07, 6.45) is 0. The number of benzene rings is 1. The number of ether oxygens (including phenoxy) is 2. The van der Waals surface area contributed by atoms with Gasteiger partial charge in [0.15, 0.2) is 5.76 Å². The number of morpholine rings is 1. The van der Waals surface area contributed by atoms with Gasteiger partial charge in [0.25, 0.3) is 11.9 Å². The summed E-state index contributed by atoms with van der Waals surface area (Å²) < 4.78 is 16.7.